The molecule has 1 aromatic heterocycles. The third kappa shape index (κ3) is 6.85. The van der Waals surface area contributed by atoms with Crippen LogP contribution in [0.3, 0.4) is 0 Å². The van der Waals surface area contributed by atoms with Gasteiger partial charge in [-0.15, -0.1) is 0 Å². The molecule has 5 nitrogen and oxygen atoms in total. The highest BCUT2D eigenvalue weighted by Gasteiger charge is 2.32. The number of benzene rings is 2. The second-order valence-corrected chi connectivity index (χ2v) is 11.3. The maximum absolute atomic E-state index is 13.1. The first-order valence-corrected chi connectivity index (χ1v) is 12.8. The van der Waals surface area contributed by atoms with E-state index in [1.165, 1.54) is 17.0 Å². The molecule has 38 heavy (non-hydrogen) atoms. The third-order valence-corrected chi connectivity index (χ3v) is 6.52. The summed E-state index contributed by atoms with van der Waals surface area (Å²) >= 11 is 0. The zero-order valence-electron chi connectivity index (χ0n) is 22.1. The van der Waals surface area contributed by atoms with Crippen molar-refractivity contribution in [2.45, 2.75) is 59.7 Å². The highest BCUT2D eigenvalue weighted by atomic mass is 19.4. The summed E-state index contributed by atoms with van der Waals surface area (Å²) in [5.41, 5.74) is 1.60. The summed E-state index contributed by atoms with van der Waals surface area (Å²) in [6, 6.07) is 13.8. The van der Waals surface area contributed by atoms with Gasteiger partial charge in [-0.05, 0) is 54.2 Å². The fraction of sp³-hybridized carbons (Fsp3) is 0.400. The summed E-state index contributed by atoms with van der Waals surface area (Å²) < 4.78 is 45.3. The van der Waals surface area contributed by atoms with Crippen LogP contribution in [0.1, 0.15) is 67.8 Å². The van der Waals surface area contributed by atoms with Crippen LogP contribution in [0.25, 0.3) is 11.3 Å². The average Bonchev–Trinajstić information content (AvgIpc) is 3.25. The Bertz CT molecular complexity index is 1320. The van der Waals surface area contributed by atoms with Crippen molar-refractivity contribution < 1.29 is 27.2 Å². The molecule has 4 rings (SSSR count). The lowest BCUT2D eigenvalue weighted by Gasteiger charge is -2.26. The Balaban J connectivity index is 1.44. The molecule has 0 radical (unpaired) electrons. The number of carbonyl (C=O) groups is 2. The fourth-order valence-corrected chi connectivity index (χ4v) is 5.06. The molecule has 0 spiro atoms. The molecule has 0 aliphatic carbocycles. The van der Waals surface area contributed by atoms with Crippen molar-refractivity contribution in [1.82, 2.24) is 4.90 Å². The molecule has 1 aliphatic rings. The molecule has 1 atom stereocenters. The number of hydrogen-bond donors (Lipinski definition) is 1. The van der Waals surface area contributed by atoms with Crippen molar-refractivity contribution in [1.29, 1.82) is 0 Å². The number of carbonyl (C=O) groups excluding carboxylic acids is 2. The molecule has 1 N–H and O–H groups in total. The lowest BCUT2D eigenvalue weighted by Crippen LogP contribution is -2.35. The molecule has 2 amide bonds. The van der Waals surface area contributed by atoms with Crippen LogP contribution < -0.4 is 5.32 Å². The first-order chi connectivity index (χ1) is 17.8. The summed E-state index contributed by atoms with van der Waals surface area (Å²) in [6.45, 7) is 9.15. The maximum atomic E-state index is 13.1. The minimum Gasteiger partial charge on any atom is -0.461 e. The Morgan fingerprint density at radius 3 is 2.50 bits per heavy atom. The van der Waals surface area contributed by atoms with Crippen molar-refractivity contribution in [3.63, 3.8) is 0 Å². The molecule has 8 heteroatoms. The minimum absolute atomic E-state index is 0.00672. The molecule has 202 valence electrons. The van der Waals surface area contributed by atoms with Gasteiger partial charge >= 0.3 is 6.18 Å². The SMILES string of the molecule is C[C@H](CC(=O)Nc1cccc(-c2cc3c(o2)CCN(C(=O)c2cccc(C(F)(F)F)c2)C3)c1)CC(C)(C)C. The third-order valence-electron chi connectivity index (χ3n) is 6.52. The first kappa shape index (κ1) is 27.5. The number of fused-ring (bicyclic) bond motifs is 1. The predicted molar refractivity (Wildman–Crippen MR) is 141 cm³/mol. The van der Waals surface area contributed by atoms with Crippen LogP contribution in [0.4, 0.5) is 18.9 Å². The zero-order chi connectivity index (χ0) is 27.7. The molecule has 1 aliphatic heterocycles. The zero-order valence-corrected chi connectivity index (χ0v) is 22.1. The standard InChI is InChI=1S/C30H33F3N2O3/c1-19(17-29(2,3)4)13-27(36)34-24-10-6-7-20(15-24)26-16-22-18-35(12-11-25(22)38-26)28(37)21-8-5-9-23(14-21)30(31,32)33/h5-10,14-16,19H,11-13,17-18H2,1-4H3,(H,34,36)/t19-/m1/s1. The predicted octanol–water partition coefficient (Wildman–Crippen LogP) is 7.56. The average molecular weight is 527 g/mol. The molecule has 3 aromatic rings. The fourth-order valence-electron chi connectivity index (χ4n) is 5.06. The highest BCUT2D eigenvalue weighted by molar-refractivity contribution is 5.94. The summed E-state index contributed by atoms with van der Waals surface area (Å²) in [4.78, 5) is 27.1. The van der Waals surface area contributed by atoms with Crippen molar-refractivity contribution in [3.05, 3.63) is 77.0 Å². The van der Waals surface area contributed by atoms with Gasteiger partial charge in [0.05, 0.1) is 5.56 Å². The Hall–Kier alpha value is -3.55. The Kier molecular flexibility index (Phi) is 7.72. The molecule has 0 saturated heterocycles. The van der Waals surface area contributed by atoms with Gasteiger partial charge in [0.2, 0.25) is 5.91 Å². The largest absolute Gasteiger partial charge is 0.461 e. The number of halogens is 3. The number of amides is 2. The normalized spacial score (nSPS) is 14.7. The van der Waals surface area contributed by atoms with Gasteiger partial charge in [-0.25, -0.2) is 0 Å². The quantitative estimate of drug-likeness (QED) is 0.360. The second-order valence-electron chi connectivity index (χ2n) is 11.3. The number of nitrogens with one attached hydrogen (secondary N) is 1. The molecule has 0 saturated carbocycles. The van der Waals surface area contributed by atoms with Gasteiger partial charge in [0.25, 0.3) is 5.91 Å². The van der Waals surface area contributed by atoms with Crippen LogP contribution in [-0.2, 0) is 23.9 Å². The Labute approximate surface area is 221 Å². The lowest BCUT2D eigenvalue weighted by molar-refractivity contribution is -0.137. The topological polar surface area (TPSA) is 62.6 Å². The van der Waals surface area contributed by atoms with E-state index in [9.17, 15) is 22.8 Å². The van der Waals surface area contributed by atoms with E-state index in [4.69, 9.17) is 4.42 Å². The Morgan fingerprint density at radius 1 is 1.05 bits per heavy atom. The molecule has 0 fully saturated rings. The van der Waals surface area contributed by atoms with Gasteiger partial charge in [0.1, 0.15) is 11.5 Å². The minimum atomic E-state index is -4.51. The van der Waals surface area contributed by atoms with E-state index < -0.39 is 17.6 Å². The molecule has 2 heterocycles. The van der Waals surface area contributed by atoms with E-state index in [-0.39, 0.29) is 29.3 Å². The Morgan fingerprint density at radius 2 is 1.79 bits per heavy atom. The van der Waals surface area contributed by atoms with Gasteiger partial charge < -0.3 is 14.6 Å². The number of anilines is 1. The summed E-state index contributed by atoms with van der Waals surface area (Å²) in [5.74, 6) is 1.13. The van der Waals surface area contributed by atoms with Crippen molar-refractivity contribution in [3.8, 4) is 11.3 Å². The molecular formula is C30H33F3N2O3. The van der Waals surface area contributed by atoms with E-state index in [1.54, 1.807) is 0 Å². The van der Waals surface area contributed by atoms with Gasteiger partial charge in [-0.1, -0.05) is 45.9 Å². The van der Waals surface area contributed by atoms with Crippen LogP contribution in [0.15, 0.2) is 59.0 Å². The number of furan rings is 1. The molecule has 2 aromatic carbocycles. The molecule has 0 unspecified atom stereocenters. The van der Waals surface area contributed by atoms with E-state index >= 15 is 0 Å². The monoisotopic (exact) mass is 526 g/mol. The van der Waals surface area contributed by atoms with E-state index in [0.29, 0.717) is 30.8 Å². The van der Waals surface area contributed by atoms with Crippen molar-refractivity contribution in [2.24, 2.45) is 11.3 Å². The highest BCUT2D eigenvalue weighted by Crippen LogP contribution is 2.33. The van der Waals surface area contributed by atoms with E-state index in [2.05, 4.69) is 33.0 Å². The van der Waals surface area contributed by atoms with Crippen molar-refractivity contribution in [2.75, 3.05) is 11.9 Å². The second kappa shape index (κ2) is 10.7. The van der Waals surface area contributed by atoms with Crippen LogP contribution in [0.2, 0.25) is 0 Å². The summed E-state index contributed by atoms with van der Waals surface area (Å²) in [5, 5.41) is 2.97. The lowest BCUT2D eigenvalue weighted by atomic mass is 9.84. The van der Waals surface area contributed by atoms with Crippen LogP contribution >= 0.6 is 0 Å². The smallest absolute Gasteiger partial charge is 0.416 e. The first-order valence-electron chi connectivity index (χ1n) is 12.8. The van der Waals surface area contributed by atoms with Crippen LogP contribution in [0.5, 0.6) is 0 Å². The number of alkyl halides is 3. The van der Waals surface area contributed by atoms with Gasteiger partial charge in [-0.3, -0.25) is 9.59 Å². The van der Waals surface area contributed by atoms with Crippen molar-refractivity contribution >= 4 is 17.5 Å². The van der Waals surface area contributed by atoms with Crippen LogP contribution in [-0.4, -0.2) is 23.3 Å². The van der Waals surface area contributed by atoms with Gasteiger partial charge in [-0.2, -0.15) is 13.2 Å². The summed E-state index contributed by atoms with van der Waals surface area (Å²) in [6.07, 6.45) is -2.66. The van der Waals surface area contributed by atoms with E-state index in [1.807, 2.05) is 30.3 Å². The molecular weight excluding hydrogens is 493 g/mol. The number of nitrogens with zero attached hydrogens (tertiary/aromatic N) is 1. The van der Waals surface area contributed by atoms with Crippen LogP contribution in [0, 0.1) is 11.3 Å². The maximum Gasteiger partial charge on any atom is 0.416 e. The number of hydrogen-bond acceptors (Lipinski definition) is 3. The summed E-state index contributed by atoms with van der Waals surface area (Å²) in [7, 11) is 0. The van der Waals surface area contributed by atoms with Gasteiger partial charge in [0.15, 0.2) is 0 Å². The van der Waals surface area contributed by atoms with E-state index in [0.717, 1.165) is 35.4 Å². The molecule has 0 bridgehead atoms. The van der Waals surface area contributed by atoms with Gasteiger partial charge in [0, 0.05) is 48.3 Å². The number of rotatable bonds is 6.